The van der Waals surface area contributed by atoms with Crippen molar-refractivity contribution in [2.75, 3.05) is 6.54 Å². The van der Waals surface area contributed by atoms with Crippen molar-refractivity contribution in [2.24, 2.45) is 0 Å². The second-order valence-electron chi connectivity index (χ2n) is 5.14. The van der Waals surface area contributed by atoms with Crippen molar-refractivity contribution >= 4 is 16.8 Å². The first-order chi connectivity index (χ1) is 9.65. The maximum absolute atomic E-state index is 11.5. The number of nitrogens with zero attached hydrogens (tertiary/aromatic N) is 1. The van der Waals surface area contributed by atoms with Crippen LogP contribution in [0.5, 0.6) is 0 Å². The molecule has 0 spiro atoms. The molecule has 0 atom stereocenters. The Balaban J connectivity index is 1.79. The average Bonchev–Trinajstić information content (AvgIpc) is 2.43. The van der Waals surface area contributed by atoms with E-state index < -0.39 is 0 Å². The van der Waals surface area contributed by atoms with Gasteiger partial charge in [-0.3, -0.25) is 9.78 Å². The Kier molecular flexibility index (Phi) is 5.07. The van der Waals surface area contributed by atoms with Crippen molar-refractivity contribution in [3.63, 3.8) is 0 Å². The summed E-state index contributed by atoms with van der Waals surface area (Å²) in [6, 6.07) is 12.3. The van der Waals surface area contributed by atoms with E-state index in [2.05, 4.69) is 27.8 Å². The smallest absolute Gasteiger partial charge is 0.221 e. The number of nitrogens with one attached hydrogen (secondary N) is 2. The van der Waals surface area contributed by atoms with Crippen molar-refractivity contribution in [3.8, 4) is 0 Å². The van der Waals surface area contributed by atoms with Gasteiger partial charge in [0.2, 0.25) is 5.91 Å². The molecule has 0 aliphatic heterocycles. The summed E-state index contributed by atoms with van der Waals surface area (Å²) in [7, 11) is 0. The Morgan fingerprint density at radius 2 is 2.00 bits per heavy atom. The summed E-state index contributed by atoms with van der Waals surface area (Å²) in [5.74, 6) is 0.0824. The fraction of sp³-hybridized carbons (Fsp3) is 0.375. The van der Waals surface area contributed by atoms with Crippen LogP contribution in [0.1, 0.15) is 26.0 Å². The van der Waals surface area contributed by atoms with Gasteiger partial charge in [0, 0.05) is 30.9 Å². The highest BCUT2D eigenvalue weighted by Gasteiger charge is 2.03. The van der Waals surface area contributed by atoms with E-state index in [0.29, 0.717) is 19.5 Å². The zero-order valence-corrected chi connectivity index (χ0v) is 12.0. The van der Waals surface area contributed by atoms with Crippen molar-refractivity contribution in [1.82, 2.24) is 15.6 Å². The number of hydrogen-bond donors (Lipinski definition) is 2. The number of amides is 1. The van der Waals surface area contributed by atoms with Crippen LogP contribution in [0.4, 0.5) is 0 Å². The van der Waals surface area contributed by atoms with Gasteiger partial charge in [-0.1, -0.05) is 24.3 Å². The summed E-state index contributed by atoms with van der Waals surface area (Å²) in [5.41, 5.74) is 2.00. The van der Waals surface area contributed by atoms with Crippen molar-refractivity contribution in [3.05, 3.63) is 42.1 Å². The molecule has 20 heavy (non-hydrogen) atoms. The van der Waals surface area contributed by atoms with E-state index in [0.717, 1.165) is 16.6 Å². The lowest BCUT2D eigenvalue weighted by Crippen LogP contribution is -2.32. The maximum Gasteiger partial charge on any atom is 0.221 e. The fourth-order valence-electron chi connectivity index (χ4n) is 2.02. The van der Waals surface area contributed by atoms with Gasteiger partial charge in [-0.15, -0.1) is 0 Å². The Labute approximate surface area is 119 Å². The van der Waals surface area contributed by atoms with E-state index in [1.165, 1.54) is 0 Å². The lowest BCUT2D eigenvalue weighted by atomic mass is 10.2. The molecule has 1 heterocycles. The number of hydrogen-bond acceptors (Lipinski definition) is 3. The summed E-state index contributed by atoms with van der Waals surface area (Å²) in [6.45, 7) is 5.27. The monoisotopic (exact) mass is 271 g/mol. The second-order valence-corrected chi connectivity index (χ2v) is 5.14. The van der Waals surface area contributed by atoms with E-state index in [-0.39, 0.29) is 11.9 Å². The van der Waals surface area contributed by atoms with Crippen LogP contribution in [0, 0.1) is 0 Å². The predicted molar refractivity (Wildman–Crippen MR) is 81.3 cm³/mol. The first-order valence-corrected chi connectivity index (χ1v) is 7.00. The van der Waals surface area contributed by atoms with Gasteiger partial charge in [0.05, 0.1) is 11.2 Å². The first kappa shape index (κ1) is 14.5. The van der Waals surface area contributed by atoms with Crippen LogP contribution in [0.25, 0.3) is 10.9 Å². The molecule has 0 bridgehead atoms. The number of rotatable bonds is 6. The molecule has 0 aliphatic rings. The molecule has 4 nitrogen and oxygen atoms in total. The second kappa shape index (κ2) is 7.01. The van der Waals surface area contributed by atoms with E-state index in [1.807, 2.05) is 38.1 Å². The summed E-state index contributed by atoms with van der Waals surface area (Å²) >= 11 is 0. The molecule has 0 fully saturated rings. The standard InChI is InChI=1S/C16H21N3O/c1-12(2)18-16(20)9-10-17-11-14-8-7-13-5-3-4-6-15(13)19-14/h3-8,12,17H,9-11H2,1-2H3,(H,18,20). The lowest BCUT2D eigenvalue weighted by molar-refractivity contribution is -0.121. The minimum absolute atomic E-state index is 0.0824. The van der Waals surface area contributed by atoms with Gasteiger partial charge in [-0.05, 0) is 26.0 Å². The summed E-state index contributed by atoms with van der Waals surface area (Å²) in [6.07, 6.45) is 0.492. The van der Waals surface area contributed by atoms with Crippen LogP contribution < -0.4 is 10.6 Å². The zero-order chi connectivity index (χ0) is 14.4. The molecule has 0 radical (unpaired) electrons. The minimum atomic E-state index is 0.0824. The Morgan fingerprint density at radius 3 is 2.80 bits per heavy atom. The third-order valence-electron chi connectivity index (χ3n) is 2.94. The molecule has 0 aliphatic carbocycles. The third-order valence-corrected chi connectivity index (χ3v) is 2.94. The largest absolute Gasteiger partial charge is 0.354 e. The molecule has 0 saturated carbocycles. The zero-order valence-electron chi connectivity index (χ0n) is 12.0. The molecule has 0 saturated heterocycles. The van der Waals surface area contributed by atoms with Crippen molar-refractivity contribution in [1.29, 1.82) is 0 Å². The van der Waals surface area contributed by atoms with Crippen molar-refractivity contribution < 1.29 is 4.79 Å². The van der Waals surface area contributed by atoms with E-state index in [4.69, 9.17) is 0 Å². The molecule has 106 valence electrons. The Bertz CT molecular complexity index is 581. The number of para-hydroxylation sites is 1. The highest BCUT2D eigenvalue weighted by Crippen LogP contribution is 2.11. The minimum Gasteiger partial charge on any atom is -0.354 e. The SMILES string of the molecule is CC(C)NC(=O)CCNCc1ccc2ccccc2n1. The third kappa shape index (κ3) is 4.31. The van der Waals surface area contributed by atoms with Gasteiger partial charge in [-0.25, -0.2) is 0 Å². The number of carbonyl (C=O) groups excluding carboxylic acids is 1. The summed E-state index contributed by atoms with van der Waals surface area (Å²) in [5, 5.41) is 7.26. The van der Waals surface area contributed by atoms with Crippen LogP contribution in [-0.2, 0) is 11.3 Å². The van der Waals surface area contributed by atoms with Crippen LogP contribution in [0.15, 0.2) is 36.4 Å². The maximum atomic E-state index is 11.5. The van der Waals surface area contributed by atoms with Gasteiger partial charge < -0.3 is 10.6 Å². The molecule has 1 aromatic heterocycles. The van der Waals surface area contributed by atoms with Crippen molar-refractivity contribution in [2.45, 2.75) is 32.9 Å². The van der Waals surface area contributed by atoms with Crippen LogP contribution in [0.3, 0.4) is 0 Å². The van der Waals surface area contributed by atoms with Gasteiger partial charge in [0.15, 0.2) is 0 Å². The number of fused-ring (bicyclic) bond motifs is 1. The summed E-state index contributed by atoms with van der Waals surface area (Å²) < 4.78 is 0. The Morgan fingerprint density at radius 1 is 1.20 bits per heavy atom. The summed E-state index contributed by atoms with van der Waals surface area (Å²) in [4.78, 5) is 16.1. The quantitative estimate of drug-likeness (QED) is 0.792. The van der Waals surface area contributed by atoms with Crippen LogP contribution in [0.2, 0.25) is 0 Å². The topological polar surface area (TPSA) is 54.0 Å². The van der Waals surface area contributed by atoms with Gasteiger partial charge in [0.1, 0.15) is 0 Å². The Hall–Kier alpha value is -1.94. The first-order valence-electron chi connectivity index (χ1n) is 7.00. The van der Waals surface area contributed by atoms with Crippen LogP contribution >= 0.6 is 0 Å². The molecule has 1 amide bonds. The molecular weight excluding hydrogens is 250 g/mol. The fourth-order valence-corrected chi connectivity index (χ4v) is 2.02. The molecule has 1 aromatic carbocycles. The molecule has 2 rings (SSSR count). The van der Waals surface area contributed by atoms with Gasteiger partial charge in [0.25, 0.3) is 0 Å². The number of pyridine rings is 1. The normalized spacial score (nSPS) is 10.9. The van der Waals surface area contributed by atoms with E-state index in [1.54, 1.807) is 0 Å². The van der Waals surface area contributed by atoms with Gasteiger partial charge >= 0.3 is 0 Å². The molecule has 4 heteroatoms. The highest BCUT2D eigenvalue weighted by atomic mass is 16.1. The molecular formula is C16H21N3O. The van der Waals surface area contributed by atoms with Crippen LogP contribution in [-0.4, -0.2) is 23.5 Å². The lowest BCUT2D eigenvalue weighted by Gasteiger charge is -2.09. The van der Waals surface area contributed by atoms with E-state index >= 15 is 0 Å². The highest BCUT2D eigenvalue weighted by molar-refractivity contribution is 5.78. The molecule has 2 N–H and O–H groups in total. The number of benzene rings is 1. The molecule has 2 aromatic rings. The van der Waals surface area contributed by atoms with Gasteiger partial charge in [-0.2, -0.15) is 0 Å². The number of carbonyl (C=O) groups is 1. The van der Waals surface area contributed by atoms with E-state index in [9.17, 15) is 4.79 Å². The number of aromatic nitrogens is 1. The average molecular weight is 271 g/mol. The molecule has 0 unspecified atom stereocenters. The predicted octanol–water partition coefficient (Wildman–Crippen LogP) is 2.24.